The van der Waals surface area contributed by atoms with E-state index in [2.05, 4.69) is 8.37 Å². The number of benzene rings is 4. The van der Waals surface area contributed by atoms with Crippen LogP contribution in [0.1, 0.15) is 22.3 Å². The van der Waals surface area contributed by atoms with Gasteiger partial charge in [0, 0.05) is 0 Å². The predicted molar refractivity (Wildman–Crippen MR) is 150 cm³/mol. The van der Waals surface area contributed by atoms with Crippen molar-refractivity contribution >= 4 is 20.2 Å². The summed E-state index contributed by atoms with van der Waals surface area (Å²) in [5.41, 5.74) is -4.27. The second-order valence-corrected chi connectivity index (χ2v) is 13.1. The zero-order chi connectivity index (χ0) is 31.9. The molecule has 0 atom stereocenters. The van der Waals surface area contributed by atoms with Crippen LogP contribution in [0, 0.1) is 0 Å². The molecule has 0 saturated carbocycles. The van der Waals surface area contributed by atoms with Gasteiger partial charge in [-0.1, -0.05) is 60.7 Å². The fourth-order valence-corrected chi connectivity index (χ4v) is 5.74. The van der Waals surface area contributed by atoms with Gasteiger partial charge in [-0.15, -0.1) is 0 Å². The van der Waals surface area contributed by atoms with Crippen molar-refractivity contribution in [2.45, 2.75) is 36.7 Å². The Morgan fingerprint density at radius 2 is 0.818 bits per heavy atom. The summed E-state index contributed by atoms with van der Waals surface area (Å²) in [7, 11) is -11.6. The molecular formula is C30H22F6O6S2. The first-order chi connectivity index (χ1) is 20.5. The highest BCUT2D eigenvalue weighted by atomic mass is 32.2. The minimum absolute atomic E-state index is 0.466. The maximum absolute atomic E-state index is 12.7. The van der Waals surface area contributed by atoms with Crippen molar-refractivity contribution in [2.24, 2.45) is 0 Å². The van der Waals surface area contributed by atoms with Gasteiger partial charge in [0.25, 0.3) is 0 Å². The second-order valence-electron chi connectivity index (χ2n) is 10.00. The molecule has 14 heteroatoms. The Kier molecular flexibility index (Phi) is 8.18. The van der Waals surface area contributed by atoms with Crippen molar-refractivity contribution in [2.75, 3.05) is 0 Å². The van der Waals surface area contributed by atoms with Crippen molar-refractivity contribution in [3.63, 3.8) is 0 Å². The van der Waals surface area contributed by atoms with Crippen molar-refractivity contribution in [3.8, 4) is 33.8 Å². The molecule has 0 N–H and O–H groups in total. The molecule has 0 amide bonds. The van der Waals surface area contributed by atoms with Crippen LogP contribution in [0.15, 0.2) is 84.9 Å². The summed E-state index contributed by atoms with van der Waals surface area (Å²) in [6.07, 6.45) is 2.35. The molecule has 4 aromatic rings. The van der Waals surface area contributed by atoms with Crippen LogP contribution in [-0.4, -0.2) is 27.9 Å². The third kappa shape index (κ3) is 6.70. The lowest BCUT2D eigenvalue weighted by molar-refractivity contribution is -0.0504. The van der Waals surface area contributed by atoms with Crippen LogP contribution >= 0.6 is 0 Å². The first kappa shape index (κ1) is 31.4. The molecule has 4 bridgehead atoms. The third-order valence-corrected chi connectivity index (χ3v) is 8.98. The standard InChI is InChI=1S/C30H22F6O6S2/c31-29(32,33)43(37,38)41-25-13-9-23(10-14-25)27-17-19-1-5-21(27)8-4-20-2-6-22(7-3-19)28(18-20)24-11-15-26(16-12-24)42-44(39,40)30(34,35)36/h1-2,5-6,9-18H,3-4,7-8H2. The maximum Gasteiger partial charge on any atom is 0.534 e. The van der Waals surface area contributed by atoms with Crippen LogP contribution in [0.25, 0.3) is 22.3 Å². The molecule has 6 nitrogen and oxygen atoms in total. The summed E-state index contributed by atoms with van der Waals surface area (Å²) >= 11 is 0. The lowest BCUT2D eigenvalue weighted by atomic mass is 9.88. The number of hydrogen-bond acceptors (Lipinski definition) is 6. The van der Waals surface area contributed by atoms with Gasteiger partial charge >= 0.3 is 31.3 Å². The topological polar surface area (TPSA) is 86.7 Å². The van der Waals surface area contributed by atoms with Crippen molar-refractivity contribution in [1.82, 2.24) is 0 Å². The normalized spacial score (nSPS) is 14.1. The van der Waals surface area contributed by atoms with E-state index in [1.807, 2.05) is 36.4 Å². The third-order valence-electron chi connectivity index (χ3n) is 7.02. The Morgan fingerprint density at radius 3 is 1.14 bits per heavy atom. The van der Waals surface area contributed by atoms with E-state index in [0.717, 1.165) is 57.6 Å². The van der Waals surface area contributed by atoms with Crippen molar-refractivity contribution in [1.29, 1.82) is 0 Å². The quantitative estimate of drug-likeness (QED) is 0.123. The fraction of sp³-hybridized carbons (Fsp3) is 0.200. The van der Waals surface area contributed by atoms with Gasteiger partial charge in [0.2, 0.25) is 0 Å². The predicted octanol–water partition coefficient (Wildman–Crippen LogP) is 7.36. The lowest BCUT2D eigenvalue weighted by Crippen LogP contribution is -2.28. The zero-order valence-electron chi connectivity index (χ0n) is 22.4. The molecule has 0 fully saturated rings. The van der Waals surface area contributed by atoms with E-state index in [0.29, 0.717) is 36.8 Å². The first-order valence-electron chi connectivity index (χ1n) is 13.0. The van der Waals surface area contributed by atoms with E-state index in [4.69, 9.17) is 0 Å². The average molecular weight is 657 g/mol. The molecular weight excluding hydrogens is 634 g/mol. The van der Waals surface area contributed by atoms with E-state index in [1.54, 1.807) is 0 Å². The van der Waals surface area contributed by atoms with Gasteiger partial charge in [-0.2, -0.15) is 43.2 Å². The van der Waals surface area contributed by atoms with Gasteiger partial charge in [0.15, 0.2) is 0 Å². The number of hydrogen-bond donors (Lipinski definition) is 0. The highest BCUT2D eigenvalue weighted by molar-refractivity contribution is 7.88. The smallest absolute Gasteiger partial charge is 0.376 e. The summed E-state index contributed by atoms with van der Waals surface area (Å²) < 4.78 is 130. The Bertz CT molecular complexity index is 1760. The van der Waals surface area contributed by atoms with Gasteiger partial charge in [-0.3, -0.25) is 0 Å². The molecule has 0 spiro atoms. The van der Waals surface area contributed by atoms with E-state index in [9.17, 15) is 43.2 Å². The first-order valence-corrected chi connectivity index (χ1v) is 15.8. The van der Waals surface area contributed by atoms with Gasteiger partial charge in [0.1, 0.15) is 11.5 Å². The zero-order valence-corrected chi connectivity index (χ0v) is 24.1. The van der Waals surface area contributed by atoms with Gasteiger partial charge in [-0.25, -0.2) is 0 Å². The number of alkyl halides is 6. The molecule has 44 heavy (non-hydrogen) atoms. The largest absolute Gasteiger partial charge is 0.534 e. The molecule has 4 aromatic carbocycles. The number of halogens is 6. The minimum atomic E-state index is -5.79. The van der Waals surface area contributed by atoms with Crippen LogP contribution in [0.2, 0.25) is 0 Å². The van der Waals surface area contributed by atoms with E-state index in [1.165, 1.54) is 24.3 Å². The molecule has 4 aliphatic rings. The molecule has 0 aromatic heterocycles. The monoisotopic (exact) mass is 656 g/mol. The van der Waals surface area contributed by atoms with Crippen molar-refractivity contribution < 1.29 is 51.5 Å². The average Bonchev–Trinajstić information content (AvgIpc) is 2.93. The molecule has 0 unspecified atom stereocenters. The van der Waals surface area contributed by atoms with E-state index < -0.39 is 42.8 Å². The Balaban J connectivity index is 1.39. The SMILES string of the molecule is O=S(=O)(Oc1ccc(-c2cc3ccc2CCc2ccc(c(-c4ccc(OS(=O)(=O)C(F)(F)F)cc4)c2)CC3)cc1)C(F)(F)F. The minimum Gasteiger partial charge on any atom is -0.376 e. The van der Waals surface area contributed by atoms with Gasteiger partial charge in [0.05, 0.1) is 0 Å². The molecule has 0 aliphatic heterocycles. The van der Waals surface area contributed by atoms with Gasteiger partial charge < -0.3 is 8.37 Å². The Labute approximate surface area is 249 Å². The Morgan fingerprint density at radius 1 is 0.477 bits per heavy atom. The molecule has 232 valence electrons. The maximum atomic E-state index is 12.7. The lowest BCUT2D eigenvalue weighted by Gasteiger charge is -2.18. The molecule has 4 aliphatic carbocycles. The molecule has 0 saturated heterocycles. The highest BCUT2D eigenvalue weighted by Crippen LogP contribution is 2.34. The van der Waals surface area contributed by atoms with E-state index >= 15 is 0 Å². The van der Waals surface area contributed by atoms with E-state index in [-0.39, 0.29) is 0 Å². The summed E-state index contributed by atoms with van der Waals surface area (Å²) in [6, 6.07) is 22.5. The molecule has 0 radical (unpaired) electrons. The van der Waals surface area contributed by atoms with Crippen molar-refractivity contribution in [3.05, 3.63) is 107 Å². The highest BCUT2D eigenvalue weighted by Gasteiger charge is 2.49. The van der Waals surface area contributed by atoms with Crippen LogP contribution in [-0.2, 0) is 45.9 Å². The summed E-state index contributed by atoms with van der Waals surface area (Å²) in [5.74, 6) is -0.932. The van der Waals surface area contributed by atoms with Gasteiger partial charge in [-0.05, 0) is 94.5 Å². The molecule has 8 rings (SSSR count). The number of rotatable bonds is 6. The Hall–Kier alpha value is -4.04. The summed E-state index contributed by atoms with van der Waals surface area (Å²) in [4.78, 5) is 0. The van der Waals surface area contributed by atoms with Crippen LogP contribution in [0.3, 0.4) is 0 Å². The van der Waals surface area contributed by atoms with Crippen LogP contribution in [0.4, 0.5) is 26.3 Å². The summed E-state index contributed by atoms with van der Waals surface area (Å²) in [5, 5.41) is 0. The second kappa shape index (κ2) is 11.5. The van der Waals surface area contributed by atoms with Crippen LogP contribution in [0.5, 0.6) is 11.5 Å². The van der Waals surface area contributed by atoms with Crippen LogP contribution < -0.4 is 8.37 Å². The fourth-order valence-electron chi connectivity index (χ4n) is 4.82. The number of aryl methyl sites for hydroxylation is 4. The summed E-state index contributed by atoms with van der Waals surface area (Å²) in [6.45, 7) is 0. The molecule has 0 heterocycles.